The van der Waals surface area contributed by atoms with E-state index in [1.807, 2.05) is 12.3 Å². The molecule has 0 aliphatic heterocycles. The number of anilines is 1. The number of thiazole rings is 1. The van der Waals surface area contributed by atoms with Gasteiger partial charge in [0, 0.05) is 5.38 Å². The minimum atomic E-state index is -0.919. The van der Waals surface area contributed by atoms with E-state index in [-0.39, 0.29) is 12.5 Å². The minimum Gasteiger partial charge on any atom is -0.480 e. The zero-order chi connectivity index (χ0) is 13.7. The van der Waals surface area contributed by atoms with Crippen LogP contribution in [0.1, 0.15) is 19.0 Å². The number of carbonyl (C=O) groups is 2. The minimum absolute atomic E-state index is 0.0312. The van der Waals surface area contributed by atoms with Crippen LogP contribution in [-0.2, 0) is 9.59 Å². The average Bonchev–Trinajstić information content (AvgIpc) is 2.63. The first-order valence-electron chi connectivity index (χ1n) is 5.59. The smallest absolute Gasteiger partial charge is 0.320 e. The lowest BCUT2D eigenvalue weighted by Gasteiger charge is -2.22. The summed E-state index contributed by atoms with van der Waals surface area (Å²) in [6, 6.07) is -0.645. The molecule has 1 heterocycles. The van der Waals surface area contributed by atoms with E-state index >= 15 is 0 Å². The van der Waals surface area contributed by atoms with E-state index in [1.54, 1.807) is 14.0 Å². The van der Waals surface area contributed by atoms with E-state index in [0.717, 1.165) is 5.69 Å². The number of amides is 1. The number of nitrogens with one attached hydrogen (secondary N) is 1. The Morgan fingerprint density at radius 1 is 1.61 bits per heavy atom. The van der Waals surface area contributed by atoms with Gasteiger partial charge in [0.2, 0.25) is 5.91 Å². The number of carbonyl (C=O) groups excluding carboxylic acids is 1. The molecule has 1 amide bonds. The average molecular weight is 271 g/mol. The van der Waals surface area contributed by atoms with Crippen molar-refractivity contribution in [3.05, 3.63) is 11.1 Å². The van der Waals surface area contributed by atoms with Crippen molar-refractivity contribution in [2.24, 2.45) is 0 Å². The molecule has 0 saturated heterocycles. The third kappa shape index (κ3) is 4.08. The molecule has 0 radical (unpaired) electrons. The Morgan fingerprint density at radius 2 is 2.28 bits per heavy atom. The molecule has 1 aromatic heterocycles. The number of hydrogen-bond donors (Lipinski definition) is 2. The molecule has 2 N–H and O–H groups in total. The van der Waals surface area contributed by atoms with Gasteiger partial charge in [0.15, 0.2) is 5.13 Å². The van der Waals surface area contributed by atoms with E-state index in [2.05, 4.69) is 10.3 Å². The van der Waals surface area contributed by atoms with Crippen molar-refractivity contribution in [3.63, 3.8) is 0 Å². The van der Waals surface area contributed by atoms with Crippen LogP contribution in [0.25, 0.3) is 0 Å². The third-order valence-electron chi connectivity index (χ3n) is 2.46. The van der Waals surface area contributed by atoms with E-state index in [0.29, 0.717) is 11.6 Å². The van der Waals surface area contributed by atoms with Crippen molar-refractivity contribution in [1.29, 1.82) is 0 Å². The zero-order valence-electron chi connectivity index (χ0n) is 10.6. The number of aromatic nitrogens is 1. The molecule has 0 spiro atoms. The van der Waals surface area contributed by atoms with Gasteiger partial charge in [0.05, 0.1) is 12.2 Å². The van der Waals surface area contributed by atoms with Crippen molar-refractivity contribution < 1.29 is 14.7 Å². The summed E-state index contributed by atoms with van der Waals surface area (Å²) in [5.41, 5.74) is 0.848. The largest absolute Gasteiger partial charge is 0.480 e. The van der Waals surface area contributed by atoms with Crippen LogP contribution >= 0.6 is 11.3 Å². The molecule has 0 saturated carbocycles. The number of carboxylic acids is 1. The van der Waals surface area contributed by atoms with E-state index in [4.69, 9.17) is 5.11 Å². The predicted octanol–water partition coefficient (Wildman–Crippen LogP) is 1.19. The summed E-state index contributed by atoms with van der Waals surface area (Å²) in [6.07, 6.45) is 0.454. The van der Waals surface area contributed by atoms with E-state index < -0.39 is 12.0 Å². The van der Waals surface area contributed by atoms with Gasteiger partial charge in [-0.05, 0) is 20.4 Å². The second kappa shape index (κ2) is 6.46. The first-order valence-corrected chi connectivity index (χ1v) is 6.47. The highest BCUT2D eigenvalue weighted by molar-refractivity contribution is 7.13. The maximum Gasteiger partial charge on any atom is 0.320 e. The van der Waals surface area contributed by atoms with Gasteiger partial charge in [-0.2, -0.15) is 0 Å². The number of hydrogen-bond acceptors (Lipinski definition) is 5. The van der Waals surface area contributed by atoms with Gasteiger partial charge in [0.1, 0.15) is 6.04 Å². The molecule has 1 rings (SSSR count). The molecule has 0 aromatic carbocycles. The number of aliphatic carboxylic acids is 1. The molecular weight excluding hydrogens is 254 g/mol. The Kier molecular flexibility index (Phi) is 5.24. The number of nitrogens with zero attached hydrogens (tertiary/aromatic N) is 2. The molecular formula is C11H17N3O3S. The van der Waals surface area contributed by atoms with Crippen LogP contribution in [0.2, 0.25) is 0 Å². The maximum absolute atomic E-state index is 11.7. The van der Waals surface area contributed by atoms with Crippen molar-refractivity contribution in [2.45, 2.75) is 26.3 Å². The molecule has 100 valence electrons. The van der Waals surface area contributed by atoms with Gasteiger partial charge in [-0.25, -0.2) is 4.98 Å². The highest BCUT2D eigenvalue weighted by atomic mass is 32.1. The zero-order valence-corrected chi connectivity index (χ0v) is 11.5. The molecule has 7 heteroatoms. The van der Waals surface area contributed by atoms with Gasteiger partial charge >= 0.3 is 5.97 Å². The van der Waals surface area contributed by atoms with Crippen molar-refractivity contribution >= 4 is 28.3 Å². The third-order valence-corrected chi connectivity index (χ3v) is 3.34. The fourth-order valence-electron chi connectivity index (χ4n) is 1.58. The molecule has 0 bridgehead atoms. The number of likely N-dealkylation sites (N-methyl/N-ethyl adjacent to an activating group) is 1. The number of aryl methyl sites for hydroxylation is 1. The van der Waals surface area contributed by atoms with Gasteiger partial charge in [-0.15, -0.1) is 11.3 Å². The van der Waals surface area contributed by atoms with Crippen LogP contribution in [0, 0.1) is 6.92 Å². The summed E-state index contributed by atoms with van der Waals surface area (Å²) in [5.74, 6) is -1.18. The molecule has 18 heavy (non-hydrogen) atoms. The molecule has 1 atom stereocenters. The lowest BCUT2D eigenvalue weighted by Crippen LogP contribution is -2.42. The van der Waals surface area contributed by atoms with Gasteiger partial charge in [-0.3, -0.25) is 14.5 Å². The molecule has 1 aromatic rings. The van der Waals surface area contributed by atoms with Crippen LogP contribution in [0.15, 0.2) is 5.38 Å². The summed E-state index contributed by atoms with van der Waals surface area (Å²) in [5, 5.41) is 14.0. The summed E-state index contributed by atoms with van der Waals surface area (Å²) in [7, 11) is 1.62. The molecule has 6 nitrogen and oxygen atoms in total. The Morgan fingerprint density at radius 3 is 2.72 bits per heavy atom. The normalized spacial score (nSPS) is 12.4. The van der Waals surface area contributed by atoms with Crippen LogP contribution < -0.4 is 5.32 Å². The monoisotopic (exact) mass is 271 g/mol. The second-order valence-corrected chi connectivity index (χ2v) is 4.88. The van der Waals surface area contributed by atoms with Gasteiger partial charge < -0.3 is 10.4 Å². The second-order valence-electron chi connectivity index (χ2n) is 4.02. The Bertz CT molecular complexity index is 433. The number of carboxylic acid groups (broad SMARTS) is 1. The lowest BCUT2D eigenvalue weighted by molar-refractivity contribution is -0.143. The Balaban J connectivity index is 2.51. The molecule has 1 unspecified atom stereocenters. The highest BCUT2D eigenvalue weighted by Gasteiger charge is 2.22. The van der Waals surface area contributed by atoms with Crippen LogP contribution in [0.5, 0.6) is 0 Å². The quantitative estimate of drug-likeness (QED) is 0.812. The van der Waals surface area contributed by atoms with Crippen molar-refractivity contribution in [1.82, 2.24) is 9.88 Å². The maximum atomic E-state index is 11.7. The number of rotatable bonds is 6. The Hall–Kier alpha value is -1.47. The lowest BCUT2D eigenvalue weighted by atomic mass is 10.2. The van der Waals surface area contributed by atoms with Crippen LogP contribution in [-0.4, -0.2) is 46.5 Å². The predicted molar refractivity (Wildman–Crippen MR) is 69.8 cm³/mol. The highest BCUT2D eigenvalue weighted by Crippen LogP contribution is 2.14. The van der Waals surface area contributed by atoms with Crippen LogP contribution in [0.3, 0.4) is 0 Å². The first-order chi connectivity index (χ1) is 8.43. The summed E-state index contributed by atoms with van der Waals surface area (Å²) < 4.78 is 0. The summed E-state index contributed by atoms with van der Waals surface area (Å²) >= 11 is 1.35. The topological polar surface area (TPSA) is 82.5 Å². The van der Waals surface area contributed by atoms with E-state index in [9.17, 15) is 9.59 Å². The molecule has 0 aliphatic carbocycles. The fraction of sp³-hybridized carbons (Fsp3) is 0.545. The standard InChI is InChI=1S/C11H17N3O3S/c1-4-8(10(16)17)14(3)5-9(15)13-11-12-7(2)6-18-11/h6,8H,4-5H2,1-3H3,(H,16,17)(H,12,13,15). The van der Waals surface area contributed by atoms with E-state index in [1.165, 1.54) is 16.2 Å². The van der Waals surface area contributed by atoms with Crippen molar-refractivity contribution in [3.8, 4) is 0 Å². The van der Waals surface area contributed by atoms with Gasteiger partial charge in [-0.1, -0.05) is 6.92 Å². The van der Waals surface area contributed by atoms with Crippen molar-refractivity contribution in [2.75, 3.05) is 18.9 Å². The molecule has 0 fully saturated rings. The van der Waals surface area contributed by atoms with Gasteiger partial charge in [0.25, 0.3) is 0 Å². The summed E-state index contributed by atoms with van der Waals surface area (Å²) in [4.78, 5) is 28.2. The SMILES string of the molecule is CCC(C(=O)O)N(C)CC(=O)Nc1nc(C)cs1. The fourth-order valence-corrected chi connectivity index (χ4v) is 2.29. The Labute approximate surface area is 110 Å². The van der Waals surface area contributed by atoms with Crippen LogP contribution in [0.4, 0.5) is 5.13 Å². The molecule has 0 aliphatic rings. The first kappa shape index (κ1) is 14.6. The summed E-state index contributed by atoms with van der Waals surface area (Å²) in [6.45, 7) is 3.65.